The van der Waals surface area contributed by atoms with Gasteiger partial charge in [-0.1, -0.05) is 19.3 Å². The molecule has 0 saturated heterocycles. The van der Waals surface area contributed by atoms with E-state index in [-0.39, 0.29) is 17.3 Å². The van der Waals surface area contributed by atoms with E-state index in [1.54, 1.807) is 16.2 Å². The zero-order chi connectivity index (χ0) is 15.9. The fourth-order valence-electron chi connectivity index (χ4n) is 3.42. The number of imidazole rings is 1. The summed E-state index contributed by atoms with van der Waals surface area (Å²) in [6, 6.07) is 0.146. The van der Waals surface area contributed by atoms with E-state index in [2.05, 4.69) is 10.3 Å². The Morgan fingerprint density at radius 3 is 2.45 bits per heavy atom. The van der Waals surface area contributed by atoms with Crippen molar-refractivity contribution >= 4 is 11.2 Å². The molecule has 0 spiro atoms. The lowest BCUT2D eigenvalue weighted by molar-refractivity contribution is 0.344. The molecule has 0 aromatic carbocycles. The summed E-state index contributed by atoms with van der Waals surface area (Å²) in [5, 5.41) is 3.05. The molecule has 120 valence electrons. The Labute approximate surface area is 128 Å². The van der Waals surface area contributed by atoms with Crippen molar-refractivity contribution < 1.29 is 0 Å². The van der Waals surface area contributed by atoms with Crippen LogP contribution < -0.4 is 16.6 Å². The largest absolute Gasteiger partial charge is 0.332 e. The summed E-state index contributed by atoms with van der Waals surface area (Å²) >= 11 is 0. The van der Waals surface area contributed by atoms with Crippen molar-refractivity contribution in [3.8, 4) is 0 Å². The summed E-state index contributed by atoms with van der Waals surface area (Å²) in [4.78, 5) is 29.7. The summed E-state index contributed by atoms with van der Waals surface area (Å²) < 4.78 is 4.75. The SMILES string of the molecule is CNCc1nc2c(c(=O)n(C)c(=O)n2C2CCCCC2)n1C. The second-order valence-corrected chi connectivity index (χ2v) is 6.10. The average Bonchev–Trinajstić information content (AvgIpc) is 2.84. The van der Waals surface area contributed by atoms with Gasteiger partial charge >= 0.3 is 5.69 Å². The molecule has 2 aromatic heterocycles. The van der Waals surface area contributed by atoms with Crippen molar-refractivity contribution in [2.75, 3.05) is 7.05 Å². The highest BCUT2D eigenvalue weighted by Crippen LogP contribution is 2.28. The summed E-state index contributed by atoms with van der Waals surface area (Å²) in [5.74, 6) is 0.768. The van der Waals surface area contributed by atoms with Crippen LogP contribution in [-0.4, -0.2) is 25.7 Å². The van der Waals surface area contributed by atoms with Crippen LogP contribution >= 0.6 is 0 Å². The van der Waals surface area contributed by atoms with Gasteiger partial charge in [-0.05, 0) is 19.9 Å². The normalized spacial score (nSPS) is 16.5. The molecular weight excluding hydrogens is 282 g/mol. The minimum atomic E-state index is -0.274. The van der Waals surface area contributed by atoms with Crippen LogP contribution in [0.25, 0.3) is 11.2 Å². The average molecular weight is 305 g/mol. The highest BCUT2D eigenvalue weighted by Gasteiger charge is 2.24. The number of hydrogen-bond donors (Lipinski definition) is 1. The van der Waals surface area contributed by atoms with Crippen LogP contribution in [0, 0.1) is 0 Å². The molecule has 0 amide bonds. The minimum Gasteiger partial charge on any atom is -0.324 e. The van der Waals surface area contributed by atoms with Crippen molar-refractivity contribution in [1.29, 1.82) is 0 Å². The summed E-state index contributed by atoms with van der Waals surface area (Å²) in [6.45, 7) is 0.563. The predicted molar refractivity (Wildman–Crippen MR) is 85.1 cm³/mol. The molecule has 1 aliphatic rings. The monoisotopic (exact) mass is 305 g/mol. The van der Waals surface area contributed by atoms with Crippen LogP contribution in [0.15, 0.2) is 9.59 Å². The van der Waals surface area contributed by atoms with Gasteiger partial charge in [0, 0.05) is 20.1 Å². The number of aromatic nitrogens is 4. The standard InChI is InChI=1S/C15H23N5O2/c1-16-9-11-17-13-12(18(11)2)14(21)19(3)15(22)20(13)10-7-5-4-6-8-10/h10,16H,4-9H2,1-3H3. The van der Waals surface area contributed by atoms with Gasteiger partial charge in [0.2, 0.25) is 0 Å². The van der Waals surface area contributed by atoms with Gasteiger partial charge in [0.05, 0.1) is 6.54 Å². The summed E-state index contributed by atoms with van der Waals surface area (Å²) in [5.41, 5.74) is 0.522. The van der Waals surface area contributed by atoms with Gasteiger partial charge in [0.15, 0.2) is 11.2 Å². The molecule has 0 aliphatic heterocycles. The van der Waals surface area contributed by atoms with E-state index in [0.29, 0.717) is 17.7 Å². The molecule has 0 radical (unpaired) electrons. The topological polar surface area (TPSA) is 73.8 Å². The molecule has 1 N–H and O–H groups in total. The first-order chi connectivity index (χ1) is 10.6. The highest BCUT2D eigenvalue weighted by molar-refractivity contribution is 5.71. The molecular formula is C15H23N5O2. The van der Waals surface area contributed by atoms with Gasteiger partial charge in [0.1, 0.15) is 5.82 Å². The molecule has 0 atom stereocenters. The smallest absolute Gasteiger partial charge is 0.324 e. The van der Waals surface area contributed by atoms with Crippen LogP contribution in [0.2, 0.25) is 0 Å². The first-order valence-electron chi connectivity index (χ1n) is 7.87. The van der Waals surface area contributed by atoms with Crippen molar-refractivity contribution in [3.05, 3.63) is 26.7 Å². The Balaban J connectivity index is 2.32. The molecule has 3 rings (SSSR count). The molecule has 7 nitrogen and oxygen atoms in total. The molecule has 1 aliphatic carbocycles. The molecule has 0 bridgehead atoms. The van der Waals surface area contributed by atoms with Gasteiger partial charge in [-0.3, -0.25) is 13.9 Å². The lowest BCUT2D eigenvalue weighted by atomic mass is 9.95. The molecule has 0 unspecified atom stereocenters. The Kier molecular flexibility index (Phi) is 3.90. The van der Waals surface area contributed by atoms with Gasteiger partial charge in [0.25, 0.3) is 5.56 Å². The van der Waals surface area contributed by atoms with Crippen LogP contribution in [0.5, 0.6) is 0 Å². The maximum Gasteiger partial charge on any atom is 0.332 e. The lowest BCUT2D eigenvalue weighted by Gasteiger charge is -2.24. The fourth-order valence-corrected chi connectivity index (χ4v) is 3.42. The van der Waals surface area contributed by atoms with Crippen LogP contribution in [0.1, 0.15) is 44.0 Å². The van der Waals surface area contributed by atoms with E-state index in [4.69, 9.17) is 0 Å². The highest BCUT2D eigenvalue weighted by atomic mass is 16.2. The minimum absolute atomic E-state index is 0.146. The third-order valence-electron chi connectivity index (χ3n) is 4.67. The Bertz CT molecular complexity index is 808. The summed E-state index contributed by atoms with van der Waals surface area (Å²) in [6.07, 6.45) is 5.42. The Hall–Kier alpha value is -1.89. The summed E-state index contributed by atoms with van der Waals surface area (Å²) in [7, 11) is 5.22. The zero-order valence-corrected chi connectivity index (χ0v) is 13.4. The fraction of sp³-hybridized carbons (Fsp3) is 0.667. The molecule has 7 heteroatoms. The molecule has 1 fully saturated rings. The van der Waals surface area contributed by atoms with Crippen molar-refractivity contribution in [2.45, 2.75) is 44.7 Å². The second-order valence-electron chi connectivity index (χ2n) is 6.10. The van der Waals surface area contributed by atoms with Gasteiger partial charge in [-0.2, -0.15) is 0 Å². The third-order valence-corrected chi connectivity index (χ3v) is 4.67. The van der Waals surface area contributed by atoms with Crippen molar-refractivity contribution in [1.82, 2.24) is 24.0 Å². The Morgan fingerprint density at radius 1 is 1.14 bits per heavy atom. The maximum absolute atomic E-state index is 12.6. The molecule has 1 saturated carbocycles. The second kappa shape index (κ2) is 5.72. The predicted octanol–water partition coefficient (Wildman–Crippen LogP) is 0.658. The lowest BCUT2D eigenvalue weighted by Crippen LogP contribution is -2.40. The number of fused-ring (bicyclic) bond motifs is 1. The first kappa shape index (κ1) is 15.0. The van der Waals surface area contributed by atoms with E-state index in [1.807, 2.05) is 14.1 Å². The van der Waals surface area contributed by atoms with Gasteiger partial charge < -0.3 is 9.88 Å². The number of hydrogen-bond acceptors (Lipinski definition) is 4. The number of aryl methyl sites for hydroxylation is 1. The molecule has 22 heavy (non-hydrogen) atoms. The first-order valence-corrected chi connectivity index (χ1v) is 7.87. The quantitative estimate of drug-likeness (QED) is 0.904. The van der Waals surface area contributed by atoms with Crippen LogP contribution in [0.3, 0.4) is 0 Å². The number of rotatable bonds is 3. The third kappa shape index (κ3) is 2.20. The van der Waals surface area contributed by atoms with Gasteiger partial charge in [-0.15, -0.1) is 0 Å². The van der Waals surface area contributed by atoms with Crippen LogP contribution in [0.4, 0.5) is 0 Å². The van der Waals surface area contributed by atoms with E-state index in [0.717, 1.165) is 31.5 Å². The van der Waals surface area contributed by atoms with Crippen molar-refractivity contribution in [2.24, 2.45) is 14.1 Å². The van der Waals surface area contributed by atoms with E-state index in [9.17, 15) is 9.59 Å². The van der Waals surface area contributed by atoms with E-state index >= 15 is 0 Å². The van der Waals surface area contributed by atoms with E-state index in [1.165, 1.54) is 11.0 Å². The van der Waals surface area contributed by atoms with E-state index < -0.39 is 0 Å². The maximum atomic E-state index is 12.6. The molecule has 2 aromatic rings. The van der Waals surface area contributed by atoms with Crippen molar-refractivity contribution in [3.63, 3.8) is 0 Å². The van der Waals surface area contributed by atoms with Crippen LogP contribution in [-0.2, 0) is 20.6 Å². The molecule has 2 heterocycles. The Morgan fingerprint density at radius 2 is 1.82 bits per heavy atom. The van der Waals surface area contributed by atoms with Gasteiger partial charge in [-0.25, -0.2) is 9.78 Å². The number of nitrogens with one attached hydrogen (secondary N) is 1. The zero-order valence-electron chi connectivity index (χ0n) is 13.4. The number of nitrogens with zero attached hydrogens (tertiary/aromatic N) is 4.